The number of rotatable bonds is 10. The third-order valence-corrected chi connectivity index (χ3v) is 6.48. The number of esters is 1. The Hall–Kier alpha value is -3.22. The van der Waals surface area contributed by atoms with Gasteiger partial charge >= 0.3 is 5.97 Å². The maximum atomic E-state index is 12.7. The Balaban J connectivity index is 1.77. The van der Waals surface area contributed by atoms with Gasteiger partial charge in [0.1, 0.15) is 17.8 Å². The van der Waals surface area contributed by atoms with E-state index in [0.717, 1.165) is 11.8 Å². The molecular formula is C23H27NO10S. The number of epoxide rings is 1. The molecule has 2 atom stereocenters. The molecule has 0 bridgehead atoms. The fraction of sp³-hybridized carbons (Fsp3) is 0.435. The predicted octanol–water partition coefficient (Wildman–Crippen LogP) is 2.13. The number of carbonyl (C=O) groups excluding carboxylic acids is 1. The third-order valence-electron chi connectivity index (χ3n) is 5.76. The number of benzene rings is 2. The molecule has 190 valence electrons. The van der Waals surface area contributed by atoms with Crippen molar-refractivity contribution in [2.75, 3.05) is 48.0 Å². The summed E-state index contributed by atoms with van der Waals surface area (Å²) >= 11 is 0. The normalized spacial score (nSPS) is 18.2. The lowest BCUT2D eigenvalue weighted by atomic mass is 9.93. The first-order valence-corrected chi connectivity index (χ1v) is 12.6. The molecule has 12 heteroatoms. The van der Waals surface area contributed by atoms with Gasteiger partial charge in [0.2, 0.25) is 22.6 Å². The minimum Gasteiger partial charge on any atom is -0.493 e. The van der Waals surface area contributed by atoms with E-state index in [1.807, 2.05) is 0 Å². The fourth-order valence-corrected chi connectivity index (χ4v) is 4.70. The molecule has 2 heterocycles. The number of nitrogens with one attached hydrogen (secondary N) is 1. The lowest BCUT2D eigenvalue weighted by Crippen LogP contribution is -2.24. The summed E-state index contributed by atoms with van der Waals surface area (Å²) in [7, 11) is 2.33. The van der Waals surface area contributed by atoms with Crippen LogP contribution >= 0.6 is 0 Å². The molecule has 0 aliphatic carbocycles. The molecule has 0 unspecified atom stereocenters. The van der Waals surface area contributed by atoms with Crippen molar-refractivity contribution in [3.63, 3.8) is 0 Å². The smallest absolute Gasteiger partial charge is 0.342 e. The summed E-state index contributed by atoms with van der Waals surface area (Å²) in [4.78, 5) is 12.7. The topological polar surface area (TPSA) is 131 Å². The van der Waals surface area contributed by atoms with Crippen molar-refractivity contribution in [2.45, 2.75) is 18.6 Å². The van der Waals surface area contributed by atoms with Gasteiger partial charge in [0, 0.05) is 17.7 Å². The Morgan fingerprint density at radius 2 is 1.80 bits per heavy atom. The van der Waals surface area contributed by atoms with E-state index < -0.39 is 28.2 Å². The quantitative estimate of drug-likeness (QED) is 0.375. The molecule has 0 radical (unpaired) electrons. The van der Waals surface area contributed by atoms with Crippen LogP contribution < -0.4 is 28.4 Å². The van der Waals surface area contributed by atoms with Gasteiger partial charge in [0.05, 0.1) is 34.7 Å². The van der Waals surface area contributed by atoms with Crippen LogP contribution in [0.4, 0.5) is 0 Å². The van der Waals surface area contributed by atoms with Gasteiger partial charge in [0.15, 0.2) is 23.0 Å². The minimum absolute atomic E-state index is 0.0350. The SMILES string of the molecule is COC(=O)c1c([C@@H]2O[C@H]2c2c(CCNS(C)(=O)=O)cc3c(c2OC)OCO3)ccc(OC)c1OC. The van der Waals surface area contributed by atoms with E-state index in [-0.39, 0.29) is 24.7 Å². The average molecular weight is 510 g/mol. The number of hydrogen-bond donors (Lipinski definition) is 1. The van der Waals surface area contributed by atoms with Crippen molar-refractivity contribution >= 4 is 16.0 Å². The standard InChI is InChI=1S/C23H27NO10S/c1-28-14-7-6-13(17(19(14)29-2)23(25)31-4)18-22(34-18)16-12(8-9-24-35(5,26)27)10-15-20(21(16)30-3)33-11-32-15/h6-7,10,18,22,24H,8-9,11H2,1-5H3/t18-,22-/m0/s1. The van der Waals surface area contributed by atoms with Crippen molar-refractivity contribution in [1.82, 2.24) is 4.72 Å². The molecular weight excluding hydrogens is 482 g/mol. The van der Waals surface area contributed by atoms with Crippen LogP contribution in [0.25, 0.3) is 0 Å². The van der Waals surface area contributed by atoms with Gasteiger partial charge in [-0.25, -0.2) is 17.9 Å². The summed E-state index contributed by atoms with van der Waals surface area (Å²) in [5, 5.41) is 0. The third kappa shape index (κ3) is 4.81. The number of sulfonamides is 1. The highest BCUT2D eigenvalue weighted by molar-refractivity contribution is 7.88. The van der Waals surface area contributed by atoms with Crippen molar-refractivity contribution in [3.05, 3.63) is 40.5 Å². The number of hydrogen-bond acceptors (Lipinski definition) is 10. The first kappa shape index (κ1) is 24.9. The van der Waals surface area contributed by atoms with E-state index >= 15 is 0 Å². The molecule has 2 aromatic carbocycles. The molecule has 2 aliphatic heterocycles. The fourth-order valence-electron chi connectivity index (χ4n) is 4.23. The Labute approximate surface area is 203 Å². The van der Waals surface area contributed by atoms with E-state index in [4.69, 9.17) is 33.2 Å². The molecule has 11 nitrogen and oxygen atoms in total. The largest absolute Gasteiger partial charge is 0.493 e. The van der Waals surface area contributed by atoms with E-state index in [1.165, 1.54) is 28.4 Å². The molecule has 2 aliphatic rings. The summed E-state index contributed by atoms with van der Waals surface area (Å²) in [5.41, 5.74) is 2.19. The molecule has 0 saturated carbocycles. The Morgan fingerprint density at radius 1 is 1.06 bits per heavy atom. The monoisotopic (exact) mass is 509 g/mol. The summed E-state index contributed by atoms with van der Waals surface area (Å²) in [6, 6.07) is 5.20. The molecule has 1 N–H and O–H groups in total. The molecule has 4 rings (SSSR count). The highest BCUT2D eigenvalue weighted by atomic mass is 32.2. The Kier molecular flexibility index (Phi) is 6.97. The number of carbonyl (C=O) groups is 1. The van der Waals surface area contributed by atoms with Gasteiger partial charge in [-0.2, -0.15) is 0 Å². The summed E-state index contributed by atoms with van der Waals surface area (Å²) in [5.74, 6) is 1.39. The summed E-state index contributed by atoms with van der Waals surface area (Å²) < 4.78 is 64.3. The van der Waals surface area contributed by atoms with Crippen LogP contribution in [0.15, 0.2) is 18.2 Å². The van der Waals surface area contributed by atoms with Crippen LogP contribution in [-0.2, 0) is 25.9 Å². The van der Waals surface area contributed by atoms with Crippen LogP contribution in [0.5, 0.6) is 28.7 Å². The highest BCUT2D eigenvalue weighted by Gasteiger charge is 2.48. The van der Waals surface area contributed by atoms with Crippen LogP contribution in [0.2, 0.25) is 0 Å². The van der Waals surface area contributed by atoms with Gasteiger partial charge < -0.3 is 33.2 Å². The molecule has 0 spiro atoms. The number of methoxy groups -OCH3 is 4. The van der Waals surface area contributed by atoms with E-state index in [1.54, 1.807) is 18.2 Å². The maximum absolute atomic E-state index is 12.7. The molecule has 2 aromatic rings. The maximum Gasteiger partial charge on any atom is 0.342 e. The van der Waals surface area contributed by atoms with Crippen LogP contribution in [-0.4, -0.2) is 62.4 Å². The highest BCUT2D eigenvalue weighted by Crippen LogP contribution is 2.59. The second-order valence-corrected chi connectivity index (χ2v) is 9.70. The van der Waals surface area contributed by atoms with Crippen LogP contribution in [0.1, 0.15) is 39.3 Å². The zero-order valence-electron chi connectivity index (χ0n) is 20.0. The minimum atomic E-state index is -3.37. The number of ether oxygens (including phenoxy) is 7. The lowest BCUT2D eigenvalue weighted by molar-refractivity contribution is 0.0594. The zero-order chi connectivity index (χ0) is 25.3. The molecule has 0 aromatic heterocycles. The second-order valence-electron chi connectivity index (χ2n) is 7.87. The van der Waals surface area contributed by atoms with Crippen LogP contribution in [0, 0.1) is 0 Å². The lowest BCUT2D eigenvalue weighted by Gasteiger charge is -2.16. The van der Waals surface area contributed by atoms with Crippen molar-refractivity contribution in [1.29, 1.82) is 0 Å². The van der Waals surface area contributed by atoms with Gasteiger partial charge in [-0.3, -0.25) is 0 Å². The van der Waals surface area contributed by atoms with E-state index in [0.29, 0.717) is 40.5 Å². The van der Waals surface area contributed by atoms with Crippen molar-refractivity contribution < 1.29 is 46.4 Å². The summed E-state index contributed by atoms with van der Waals surface area (Å²) in [6.45, 7) is 0.198. The van der Waals surface area contributed by atoms with Crippen molar-refractivity contribution in [3.8, 4) is 28.7 Å². The molecule has 1 saturated heterocycles. The van der Waals surface area contributed by atoms with Gasteiger partial charge in [-0.05, 0) is 24.1 Å². The Bertz CT molecular complexity index is 1240. The molecule has 1 fully saturated rings. The zero-order valence-corrected chi connectivity index (χ0v) is 20.8. The van der Waals surface area contributed by atoms with E-state index in [9.17, 15) is 13.2 Å². The number of fused-ring (bicyclic) bond motifs is 1. The first-order valence-electron chi connectivity index (χ1n) is 10.7. The van der Waals surface area contributed by atoms with Gasteiger partial charge in [-0.15, -0.1) is 0 Å². The Morgan fingerprint density at radius 3 is 2.43 bits per heavy atom. The first-order chi connectivity index (χ1) is 16.7. The summed E-state index contributed by atoms with van der Waals surface area (Å²) in [6.07, 6.45) is 0.408. The van der Waals surface area contributed by atoms with Crippen molar-refractivity contribution in [2.24, 2.45) is 0 Å². The van der Waals surface area contributed by atoms with E-state index in [2.05, 4.69) is 4.72 Å². The van der Waals surface area contributed by atoms with Crippen LogP contribution in [0.3, 0.4) is 0 Å². The van der Waals surface area contributed by atoms with Gasteiger partial charge in [-0.1, -0.05) is 6.07 Å². The predicted molar refractivity (Wildman–Crippen MR) is 123 cm³/mol. The molecule has 35 heavy (non-hydrogen) atoms. The second kappa shape index (κ2) is 9.80. The molecule has 0 amide bonds. The van der Waals surface area contributed by atoms with Gasteiger partial charge in [0.25, 0.3) is 0 Å². The average Bonchev–Trinajstić information content (AvgIpc) is 3.48.